The zero-order valence-corrected chi connectivity index (χ0v) is 14.5. The van der Waals surface area contributed by atoms with Crippen molar-refractivity contribution in [3.63, 3.8) is 0 Å². The third-order valence-corrected chi connectivity index (χ3v) is 5.37. The van der Waals surface area contributed by atoms with Crippen LogP contribution in [0.25, 0.3) is 0 Å². The van der Waals surface area contributed by atoms with Gasteiger partial charge in [0, 0.05) is 18.7 Å². The first kappa shape index (κ1) is 16.0. The summed E-state index contributed by atoms with van der Waals surface area (Å²) in [5, 5.41) is 9.60. The molecule has 1 aliphatic carbocycles. The largest absolute Gasteiger partial charge is 0.493 e. The first-order valence-electron chi connectivity index (χ1n) is 8.58. The number of methoxy groups -OCH3 is 2. The van der Waals surface area contributed by atoms with Crippen molar-refractivity contribution in [2.24, 2.45) is 0 Å². The molecule has 2 N–H and O–H groups in total. The molecule has 0 saturated heterocycles. The lowest BCUT2D eigenvalue weighted by Gasteiger charge is -2.44. The second-order valence-corrected chi connectivity index (χ2v) is 6.58. The molecule has 0 radical (unpaired) electrons. The smallest absolute Gasteiger partial charge is 0.166 e. The molecule has 6 heteroatoms. The topological polar surface area (TPSA) is 71.0 Å². The maximum absolute atomic E-state index is 12.4. The third kappa shape index (κ3) is 2.40. The Morgan fingerprint density at radius 1 is 1.16 bits per heavy atom. The molecule has 2 heterocycles. The van der Waals surface area contributed by atoms with Crippen LogP contribution in [0, 0.1) is 0 Å². The second kappa shape index (κ2) is 6.11. The molecule has 1 aromatic carbocycles. The van der Waals surface area contributed by atoms with Crippen LogP contribution in [0.2, 0.25) is 0 Å². The number of rotatable bonds is 3. The summed E-state index contributed by atoms with van der Waals surface area (Å²) in [4.78, 5) is 14.7. The lowest BCUT2D eigenvalue weighted by atomic mass is 9.82. The fourth-order valence-corrected chi connectivity index (χ4v) is 4.21. The van der Waals surface area contributed by atoms with E-state index in [9.17, 15) is 10.0 Å². The number of fused-ring (bicyclic) bond motifs is 4. The highest BCUT2D eigenvalue weighted by Crippen LogP contribution is 2.45. The summed E-state index contributed by atoms with van der Waals surface area (Å²) in [7, 11) is 3.26. The Hall–Kier alpha value is -2.47. The number of benzene rings is 1. The molecule has 0 unspecified atom stereocenters. The molecule has 0 amide bonds. The van der Waals surface area contributed by atoms with Crippen LogP contribution in [0.15, 0.2) is 35.2 Å². The van der Waals surface area contributed by atoms with Crippen molar-refractivity contribution in [1.29, 1.82) is 0 Å². The van der Waals surface area contributed by atoms with Gasteiger partial charge in [-0.05, 0) is 48.6 Å². The van der Waals surface area contributed by atoms with Crippen LogP contribution < -0.4 is 15.0 Å². The molecule has 0 bridgehead atoms. The molecule has 4 rings (SSSR count). The molecule has 132 valence electrons. The minimum absolute atomic E-state index is 0.0251. The van der Waals surface area contributed by atoms with Gasteiger partial charge in [-0.2, -0.15) is 0 Å². The van der Waals surface area contributed by atoms with Gasteiger partial charge in [-0.3, -0.25) is 15.5 Å². The normalized spacial score (nSPS) is 21.9. The van der Waals surface area contributed by atoms with E-state index in [1.165, 1.54) is 5.56 Å². The summed E-state index contributed by atoms with van der Waals surface area (Å²) in [6.45, 7) is 0.842. The SMILES string of the molecule is COc1cc2c(cc1OC)[C@H]1C=C(NO)C3=C(CCCC3=O)N1CC2. The number of ether oxygens (including phenoxy) is 2. The van der Waals surface area contributed by atoms with Crippen LogP contribution in [0.1, 0.15) is 36.4 Å². The summed E-state index contributed by atoms with van der Waals surface area (Å²) in [6.07, 6.45) is 5.08. The van der Waals surface area contributed by atoms with Crippen molar-refractivity contribution in [2.75, 3.05) is 20.8 Å². The summed E-state index contributed by atoms with van der Waals surface area (Å²) < 4.78 is 10.9. The molecule has 6 nitrogen and oxygen atoms in total. The first-order chi connectivity index (χ1) is 12.2. The molecule has 0 aromatic heterocycles. The van der Waals surface area contributed by atoms with Crippen LogP contribution >= 0.6 is 0 Å². The maximum Gasteiger partial charge on any atom is 0.166 e. The van der Waals surface area contributed by atoms with Crippen LogP contribution in [-0.4, -0.2) is 36.7 Å². The molecule has 0 saturated carbocycles. The summed E-state index contributed by atoms with van der Waals surface area (Å²) >= 11 is 0. The molecule has 1 aromatic rings. The number of carbonyl (C=O) groups excluding carboxylic acids is 1. The minimum Gasteiger partial charge on any atom is -0.493 e. The average molecular weight is 342 g/mol. The van der Waals surface area contributed by atoms with E-state index in [1.807, 2.05) is 18.2 Å². The van der Waals surface area contributed by atoms with E-state index in [4.69, 9.17) is 9.47 Å². The van der Waals surface area contributed by atoms with Crippen molar-refractivity contribution in [3.05, 3.63) is 46.3 Å². The van der Waals surface area contributed by atoms with E-state index < -0.39 is 0 Å². The Morgan fingerprint density at radius 2 is 1.92 bits per heavy atom. The average Bonchev–Trinajstić information content (AvgIpc) is 2.65. The van der Waals surface area contributed by atoms with E-state index in [-0.39, 0.29) is 11.8 Å². The molecular weight excluding hydrogens is 320 g/mol. The molecule has 3 aliphatic rings. The van der Waals surface area contributed by atoms with Crippen LogP contribution in [0.5, 0.6) is 11.5 Å². The lowest BCUT2D eigenvalue weighted by molar-refractivity contribution is -0.116. The van der Waals surface area contributed by atoms with Crippen LogP contribution in [-0.2, 0) is 11.2 Å². The molecule has 2 aliphatic heterocycles. The van der Waals surface area contributed by atoms with E-state index in [0.717, 1.165) is 42.8 Å². The van der Waals surface area contributed by atoms with E-state index in [2.05, 4.69) is 10.4 Å². The summed E-state index contributed by atoms with van der Waals surface area (Å²) in [5.41, 5.74) is 6.79. The van der Waals surface area contributed by atoms with E-state index >= 15 is 0 Å². The van der Waals surface area contributed by atoms with Crippen molar-refractivity contribution < 1.29 is 19.5 Å². The van der Waals surface area contributed by atoms with Crippen LogP contribution in [0.3, 0.4) is 0 Å². The number of nitrogens with zero attached hydrogens (tertiary/aromatic N) is 1. The Bertz CT molecular complexity index is 797. The summed E-state index contributed by atoms with van der Waals surface area (Å²) in [5.74, 6) is 1.52. The standard InChI is InChI=1S/C19H22N2O4/c1-24-17-8-11-6-7-21-14-4-3-5-16(22)19(14)13(20-23)10-15(21)12(11)9-18(17)25-2/h8-10,15,20,23H,3-7H2,1-2H3/t15-/m1/s1. The van der Waals surface area contributed by atoms with Gasteiger partial charge in [-0.15, -0.1) is 0 Å². The Morgan fingerprint density at radius 3 is 2.64 bits per heavy atom. The van der Waals surface area contributed by atoms with Gasteiger partial charge in [0.25, 0.3) is 0 Å². The molecule has 0 fully saturated rings. The Balaban J connectivity index is 1.84. The zero-order chi connectivity index (χ0) is 17.6. The molecule has 25 heavy (non-hydrogen) atoms. The highest BCUT2D eigenvalue weighted by atomic mass is 16.5. The van der Waals surface area contributed by atoms with Crippen molar-refractivity contribution in [3.8, 4) is 11.5 Å². The number of ketones is 1. The highest BCUT2D eigenvalue weighted by Gasteiger charge is 2.37. The molecular formula is C19H22N2O4. The van der Waals surface area contributed by atoms with Gasteiger partial charge in [-0.25, -0.2) is 0 Å². The number of hydroxylamine groups is 1. The van der Waals surface area contributed by atoms with Crippen LogP contribution in [0.4, 0.5) is 0 Å². The fourth-order valence-electron chi connectivity index (χ4n) is 4.21. The zero-order valence-electron chi connectivity index (χ0n) is 14.5. The van der Waals surface area contributed by atoms with Gasteiger partial charge < -0.3 is 14.4 Å². The van der Waals surface area contributed by atoms with E-state index in [0.29, 0.717) is 23.4 Å². The third-order valence-electron chi connectivity index (χ3n) is 5.37. The monoisotopic (exact) mass is 342 g/mol. The number of Topliss-reactive ketones (excluding diaryl/α,β-unsaturated/α-hetero) is 1. The van der Waals surface area contributed by atoms with Gasteiger partial charge in [0.05, 0.1) is 31.5 Å². The predicted molar refractivity (Wildman–Crippen MR) is 91.6 cm³/mol. The van der Waals surface area contributed by atoms with Gasteiger partial charge >= 0.3 is 0 Å². The number of hydrogen-bond acceptors (Lipinski definition) is 6. The number of allylic oxidation sites excluding steroid dienone is 2. The number of carbonyl (C=O) groups is 1. The quantitative estimate of drug-likeness (QED) is 0.823. The number of hydrogen-bond donors (Lipinski definition) is 2. The van der Waals surface area contributed by atoms with Crippen molar-refractivity contribution >= 4 is 5.78 Å². The Kier molecular flexibility index (Phi) is 3.92. The number of nitrogens with one attached hydrogen (secondary N) is 1. The Labute approximate surface area is 146 Å². The predicted octanol–water partition coefficient (Wildman–Crippen LogP) is 2.49. The highest BCUT2D eigenvalue weighted by molar-refractivity contribution is 6.01. The fraction of sp³-hybridized carbons (Fsp3) is 0.421. The minimum atomic E-state index is -0.0251. The molecule has 1 atom stereocenters. The maximum atomic E-state index is 12.4. The van der Waals surface area contributed by atoms with Gasteiger partial charge in [-0.1, -0.05) is 0 Å². The van der Waals surface area contributed by atoms with Gasteiger partial charge in [0.1, 0.15) is 0 Å². The second-order valence-electron chi connectivity index (χ2n) is 6.58. The van der Waals surface area contributed by atoms with Gasteiger partial charge in [0.15, 0.2) is 17.3 Å². The van der Waals surface area contributed by atoms with E-state index in [1.54, 1.807) is 14.2 Å². The summed E-state index contributed by atoms with van der Waals surface area (Å²) in [6, 6.07) is 4.01. The molecule has 0 spiro atoms. The first-order valence-corrected chi connectivity index (χ1v) is 8.58. The lowest BCUT2D eigenvalue weighted by Crippen LogP contribution is -2.40. The van der Waals surface area contributed by atoms with Gasteiger partial charge in [0.2, 0.25) is 0 Å². The van der Waals surface area contributed by atoms with Crippen molar-refractivity contribution in [1.82, 2.24) is 10.4 Å². The van der Waals surface area contributed by atoms with Crippen molar-refractivity contribution in [2.45, 2.75) is 31.7 Å².